The van der Waals surface area contributed by atoms with Crippen LogP contribution in [0.15, 0.2) is 0 Å². The first-order chi connectivity index (χ1) is 5.01. The van der Waals surface area contributed by atoms with E-state index in [2.05, 4.69) is 0 Å². The second-order valence-corrected chi connectivity index (χ2v) is 3.52. The number of nitrogens with two attached hydrogens (primary N) is 1. The summed E-state index contributed by atoms with van der Waals surface area (Å²) in [6, 6.07) is 0. The van der Waals surface area contributed by atoms with Gasteiger partial charge < -0.3 is 5.73 Å². The molecule has 2 unspecified atom stereocenters. The summed E-state index contributed by atoms with van der Waals surface area (Å²) in [7, 11) is 0. The fraction of sp³-hybridized carbons (Fsp3) is 0.857. The number of rotatable bonds is 1. The molecule has 0 bridgehead atoms. The molecule has 2 N–H and O–H groups in total. The Bertz CT molecular complexity index is 202. The summed E-state index contributed by atoms with van der Waals surface area (Å²) >= 11 is 0. The van der Waals surface area contributed by atoms with Crippen molar-refractivity contribution >= 4 is 5.91 Å². The maximum atomic E-state index is 12.5. The predicted molar refractivity (Wildman–Crippen MR) is 33.8 cm³/mol. The van der Waals surface area contributed by atoms with Crippen molar-refractivity contribution in [1.29, 1.82) is 0 Å². The zero-order chi connectivity index (χ0) is 8.22. The number of alkyl halides is 2. The fourth-order valence-electron chi connectivity index (χ4n) is 2.20. The highest BCUT2D eigenvalue weighted by Crippen LogP contribution is 2.62. The van der Waals surface area contributed by atoms with Crippen LogP contribution in [0.3, 0.4) is 0 Å². The van der Waals surface area contributed by atoms with Gasteiger partial charge in [-0.2, -0.15) is 0 Å². The van der Waals surface area contributed by atoms with Crippen molar-refractivity contribution in [2.45, 2.75) is 18.8 Å². The van der Waals surface area contributed by atoms with E-state index in [0.29, 0.717) is 0 Å². The van der Waals surface area contributed by atoms with E-state index in [-0.39, 0.29) is 30.6 Å². The second-order valence-electron chi connectivity index (χ2n) is 3.52. The Kier molecular flexibility index (Phi) is 1.10. The molecule has 2 saturated carbocycles. The van der Waals surface area contributed by atoms with Crippen molar-refractivity contribution in [3.8, 4) is 0 Å². The first-order valence-electron chi connectivity index (χ1n) is 3.68. The van der Waals surface area contributed by atoms with Crippen molar-refractivity contribution in [3.05, 3.63) is 0 Å². The lowest BCUT2D eigenvalue weighted by molar-refractivity contribution is -0.120. The number of fused-ring (bicyclic) bond motifs is 1. The molecule has 1 amide bonds. The molecule has 4 heteroatoms. The van der Waals surface area contributed by atoms with E-state index in [1.807, 2.05) is 0 Å². The van der Waals surface area contributed by atoms with Gasteiger partial charge >= 0.3 is 0 Å². The summed E-state index contributed by atoms with van der Waals surface area (Å²) in [5.74, 6) is -3.39. The number of carbonyl (C=O) groups is 1. The van der Waals surface area contributed by atoms with E-state index in [0.717, 1.165) is 0 Å². The van der Waals surface area contributed by atoms with Gasteiger partial charge in [-0.25, -0.2) is 8.78 Å². The summed E-state index contributed by atoms with van der Waals surface area (Å²) in [6.07, 6.45) is -0.267. The molecule has 2 atom stereocenters. The van der Waals surface area contributed by atoms with Crippen LogP contribution in [0.25, 0.3) is 0 Å². The molecule has 11 heavy (non-hydrogen) atoms. The second kappa shape index (κ2) is 1.73. The highest BCUT2D eigenvalue weighted by molar-refractivity contribution is 5.80. The van der Waals surface area contributed by atoms with Crippen LogP contribution in [0, 0.1) is 17.8 Å². The average Bonchev–Trinajstić information content (AvgIpc) is 2.31. The predicted octanol–water partition coefficient (Wildman–Crippen LogP) is 0.763. The Hall–Kier alpha value is -0.670. The maximum Gasteiger partial charge on any atom is 0.248 e. The Morgan fingerprint density at radius 1 is 1.36 bits per heavy atom. The summed E-state index contributed by atoms with van der Waals surface area (Å²) in [4.78, 5) is 10.6. The van der Waals surface area contributed by atoms with E-state index >= 15 is 0 Å². The molecule has 0 radical (unpaired) electrons. The Labute approximate surface area is 62.7 Å². The number of halogens is 2. The molecule has 62 valence electrons. The lowest BCUT2D eigenvalue weighted by Crippen LogP contribution is -2.21. The monoisotopic (exact) mass is 161 g/mol. The van der Waals surface area contributed by atoms with Gasteiger partial charge in [0.25, 0.3) is 0 Å². The van der Waals surface area contributed by atoms with Crippen LogP contribution >= 0.6 is 0 Å². The zero-order valence-corrected chi connectivity index (χ0v) is 5.89. The van der Waals surface area contributed by atoms with Gasteiger partial charge in [-0.05, 0) is 11.8 Å². The Balaban J connectivity index is 2.01. The molecule has 2 fully saturated rings. The summed E-state index contributed by atoms with van der Waals surface area (Å²) < 4.78 is 25.0. The van der Waals surface area contributed by atoms with Crippen LogP contribution in [-0.2, 0) is 4.79 Å². The van der Waals surface area contributed by atoms with Crippen LogP contribution in [0.4, 0.5) is 8.78 Å². The van der Waals surface area contributed by atoms with Crippen LogP contribution in [0.1, 0.15) is 12.8 Å². The van der Waals surface area contributed by atoms with Crippen LogP contribution < -0.4 is 5.73 Å². The summed E-state index contributed by atoms with van der Waals surface area (Å²) in [5, 5.41) is 0. The average molecular weight is 161 g/mol. The molecule has 2 aliphatic rings. The SMILES string of the molecule is NC(=O)C1C2CC(F)(F)CC21. The third-order valence-electron chi connectivity index (χ3n) is 2.73. The highest BCUT2D eigenvalue weighted by Gasteiger charge is 2.64. The third kappa shape index (κ3) is 0.921. The van der Waals surface area contributed by atoms with Gasteiger partial charge in [-0.15, -0.1) is 0 Å². The number of amides is 1. The van der Waals surface area contributed by atoms with Crippen molar-refractivity contribution in [2.24, 2.45) is 23.5 Å². The maximum absolute atomic E-state index is 12.5. The standard InChI is InChI=1S/C7H9F2NO/c8-7(9)1-3-4(2-7)5(3)6(10)11/h3-5H,1-2H2,(H2,10,11). The van der Waals surface area contributed by atoms with Gasteiger partial charge in [0.2, 0.25) is 11.8 Å². The minimum atomic E-state index is -2.53. The number of hydrogen-bond donors (Lipinski definition) is 1. The van der Waals surface area contributed by atoms with Gasteiger partial charge in [-0.1, -0.05) is 0 Å². The molecule has 2 aliphatic carbocycles. The van der Waals surface area contributed by atoms with E-state index in [1.54, 1.807) is 0 Å². The number of carbonyl (C=O) groups excluding carboxylic acids is 1. The van der Waals surface area contributed by atoms with Gasteiger partial charge in [0.15, 0.2) is 0 Å². The minimum Gasteiger partial charge on any atom is -0.369 e. The molecule has 0 aromatic heterocycles. The first kappa shape index (κ1) is 7.00. The molecule has 0 heterocycles. The Morgan fingerprint density at radius 2 is 1.82 bits per heavy atom. The smallest absolute Gasteiger partial charge is 0.248 e. The molecule has 2 rings (SSSR count). The Morgan fingerprint density at radius 3 is 2.18 bits per heavy atom. The lowest BCUT2D eigenvalue weighted by Gasteiger charge is -2.10. The molecular weight excluding hydrogens is 152 g/mol. The van der Waals surface area contributed by atoms with Crippen LogP contribution in [0.5, 0.6) is 0 Å². The van der Waals surface area contributed by atoms with E-state index < -0.39 is 11.8 Å². The van der Waals surface area contributed by atoms with Crippen LogP contribution in [-0.4, -0.2) is 11.8 Å². The van der Waals surface area contributed by atoms with Crippen molar-refractivity contribution < 1.29 is 13.6 Å². The molecule has 0 aromatic carbocycles. The lowest BCUT2D eigenvalue weighted by atomic mass is 10.1. The molecule has 0 aliphatic heterocycles. The van der Waals surface area contributed by atoms with E-state index in [9.17, 15) is 13.6 Å². The van der Waals surface area contributed by atoms with Gasteiger partial charge in [0.05, 0.1) is 0 Å². The molecular formula is C7H9F2NO. The summed E-state index contributed by atoms with van der Waals surface area (Å²) in [5.41, 5.74) is 4.99. The molecule has 2 nitrogen and oxygen atoms in total. The fourth-order valence-corrected chi connectivity index (χ4v) is 2.20. The van der Waals surface area contributed by atoms with E-state index in [1.165, 1.54) is 0 Å². The van der Waals surface area contributed by atoms with Crippen molar-refractivity contribution in [3.63, 3.8) is 0 Å². The van der Waals surface area contributed by atoms with E-state index in [4.69, 9.17) is 5.73 Å². The quantitative estimate of drug-likeness (QED) is 0.606. The topological polar surface area (TPSA) is 43.1 Å². The zero-order valence-electron chi connectivity index (χ0n) is 5.89. The van der Waals surface area contributed by atoms with Crippen LogP contribution in [0.2, 0.25) is 0 Å². The van der Waals surface area contributed by atoms with Gasteiger partial charge in [0, 0.05) is 18.8 Å². The normalized spacial score (nSPS) is 45.1. The number of hydrogen-bond acceptors (Lipinski definition) is 1. The minimum absolute atomic E-state index is 0.109. The first-order valence-corrected chi connectivity index (χ1v) is 3.68. The largest absolute Gasteiger partial charge is 0.369 e. The molecule has 0 saturated heterocycles. The van der Waals surface area contributed by atoms with Gasteiger partial charge in [0.1, 0.15) is 0 Å². The molecule has 0 spiro atoms. The molecule has 0 aromatic rings. The highest BCUT2D eigenvalue weighted by atomic mass is 19.3. The number of primary amides is 1. The third-order valence-corrected chi connectivity index (χ3v) is 2.73. The van der Waals surface area contributed by atoms with Crippen molar-refractivity contribution in [2.75, 3.05) is 0 Å². The summed E-state index contributed by atoms with van der Waals surface area (Å²) in [6.45, 7) is 0. The van der Waals surface area contributed by atoms with Gasteiger partial charge in [-0.3, -0.25) is 4.79 Å². The van der Waals surface area contributed by atoms with Crippen molar-refractivity contribution in [1.82, 2.24) is 0 Å².